The maximum Gasteiger partial charge on any atom is 0.135 e. The summed E-state index contributed by atoms with van der Waals surface area (Å²) in [5.74, 6) is 1.16. The van der Waals surface area contributed by atoms with Gasteiger partial charge in [0.25, 0.3) is 0 Å². The van der Waals surface area contributed by atoms with Crippen LogP contribution in [0.5, 0.6) is 11.5 Å². The van der Waals surface area contributed by atoms with E-state index in [9.17, 15) is 0 Å². The SMILES string of the molecule is [2H]c1c([2H])c([2H])c(-c2ccc3c(c2)Oc2ccc(-c4ccc5ccc6c(-c7c([2H])c([2H])c([2H])c([2H])c7[2H])ccc7ccc4c5c76)c4cccc-3c24)c([2H])c1[2H]. The number of benzene rings is 9. The van der Waals surface area contributed by atoms with Crippen LogP contribution in [-0.2, 0) is 0 Å². The molecule has 0 saturated carbocycles. The molecule has 9 aromatic carbocycles. The van der Waals surface area contributed by atoms with Gasteiger partial charge in [0.1, 0.15) is 11.5 Å². The summed E-state index contributed by atoms with van der Waals surface area (Å²) < 4.78 is 90.0. The molecule has 0 unspecified atom stereocenters. The van der Waals surface area contributed by atoms with E-state index in [1.54, 1.807) is 12.1 Å². The van der Waals surface area contributed by atoms with E-state index in [0.717, 1.165) is 65.3 Å². The summed E-state index contributed by atoms with van der Waals surface area (Å²) in [7, 11) is 0. The number of rotatable bonds is 3. The smallest absolute Gasteiger partial charge is 0.135 e. The molecule has 10 rings (SSSR count). The Bertz CT molecular complexity index is 3130. The predicted molar refractivity (Wildman–Crippen MR) is 189 cm³/mol. The Kier molecular flexibility index (Phi) is 3.47. The molecule has 0 N–H and O–H groups in total. The third-order valence-electron chi connectivity index (χ3n) is 9.01. The molecule has 0 spiro atoms. The lowest BCUT2D eigenvalue weighted by Gasteiger charge is -2.24. The Balaban J connectivity index is 1.16. The van der Waals surface area contributed by atoms with Crippen molar-refractivity contribution in [3.05, 3.63) is 157 Å². The first-order chi connectivity index (χ1) is 26.5. The first-order valence-electron chi connectivity index (χ1n) is 19.7. The van der Waals surface area contributed by atoms with E-state index in [1.807, 2.05) is 54.6 Å². The lowest BCUT2D eigenvalue weighted by molar-refractivity contribution is 0.487. The highest BCUT2D eigenvalue weighted by Crippen LogP contribution is 2.51. The van der Waals surface area contributed by atoms with E-state index in [0.29, 0.717) is 22.6 Å². The molecule has 1 heterocycles. The number of hydrogen-bond acceptors (Lipinski definition) is 1. The van der Waals surface area contributed by atoms with Crippen LogP contribution in [-0.4, -0.2) is 0 Å². The molecule has 1 heteroatoms. The van der Waals surface area contributed by atoms with Crippen molar-refractivity contribution in [1.29, 1.82) is 0 Å². The summed E-state index contributed by atoms with van der Waals surface area (Å²) in [6.45, 7) is 0. The summed E-state index contributed by atoms with van der Waals surface area (Å²) in [5.41, 5.74) is 5.10. The molecule has 0 radical (unpaired) electrons. The first kappa shape index (κ1) is 16.8. The zero-order valence-corrected chi connectivity index (χ0v) is 23.6. The van der Waals surface area contributed by atoms with Crippen LogP contribution < -0.4 is 4.74 Å². The lowest BCUT2D eigenvalue weighted by Crippen LogP contribution is -1.98. The second-order valence-electron chi connectivity index (χ2n) is 11.3. The molecule has 1 aliphatic rings. The summed E-state index contributed by atoms with van der Waals surface area (Å²) in [6, 6.07) is 28.3. The highest BCUT2D eigenvalue weighted by molar-refractivity contribution is 6.28. The first-order valence-corrected chi connectivity index (χ1v) is 14.7. The highest BCUT2D eigenvalue weighted by Gasteiger charge is 2.23. The van der Waals surface area contributed by atoms with E-state index in [2.05, 4.69) is 30.3 Å². The molecular weight excluding hydrogens is 544 g/mol. The Morgan fingerprint density at radius 3 is 1.69 bits per heavy atom. The monoisotopic (exact) mass is 580 g/mol. The summed E-state index contributed by atoms with van der Waals surface area (Å²) in [4.78, 5) is 0. The topological polar surface area (TPSA) is 9.23 Å². The van der Waals surface area contributed by atoms with Crippen molar-refractivity contribution in [1.82, 2.24) is 0 Å². The molecule has 0 aliphatic carbocycles. The summed E-state index contributed by atoms with van der Waals surface area (Å²) in [5, 5.41) is 7.68. The number of ether oxygens (including phenoxy) is 1. The minimum absolute atomic E-state index is 0.117. The summed E-state index contributed by atoms with van der Waals surface area (Å²) >= 11 is 0. The largest absolute Gasteiger partial charge is 0.456 e. The van der Waals surface area contributed by atoms with Gasteiger partial charge in [0.15, 0.2) is 0 Å². The van der Waals surface area contributed by atoms with Gasteiger partial charge in [-0.2, -0.15) is 0 Å². The van der Waals surface area contributed by atoms with Gasteiger partial charge in [-0.1, -0.05) is 139 Å². The van der Waals surface area contributed by atoms with E-state index in [1.165, 1.54) is 0 Å². The number of fused-ring (bicyclic) bond motifs is 2. The van der Waals surface area contributed by atoms with Crippen LogP contribution in [0.3, 0.4) is 0 Å². The quantitative estimate of drug-likeness (QED) is 0.189. The second kappa shape index (κ2) is 9.29. The molecule has 1 aliphatic heterocycles. The molecule has 0 fully saturated rings. The number of hydrogen-bond donors (Lipinski definition) is 0. The van der Waals surface area contributed by atoms with Crippen LogP contribution in [0.1, 0.15) is 13.7 Å². The third kappa shape index (κ3) is 3.56. The van der Waals surface area contributed by atoms with Gasteiger partial charge in [-0.05, 0) is 94.8 Å². The van der Waals surface area contributed by atoms with Gasteiger partial charge in [-0.25, -0.2) is 0 Å². The van der Waals surface area contributed by atoms with E-state index < -0.39 is 24.2 Å². The molecule has 0 amide bonds. The Morgan fingerprint density at radius 1 is 0.378 bits per heavy atom. The molecular formula is C44H26O. The van der Waals surface area contributed by atoms with Crippen LogP contribution in [0, 0.1) is 0 Å². The van der Waals surface area contributed by atoms with Gasteiger partial charge >= 0.3 is 0 Å². The lowest BCUT2D eigenvalue weighted by atomic mass is 9.85. The van der Waals surface area contributed by atoms with Gasteiger partial charge in [-0.3, -0.25) is 0 Å². The minimum Gasteiger partial charge on any atom is -0.456 e. The van der Waals surface area contributed by atoms with Crippen LogP contribution in [0.25, 0.3) is 87.6 Å². The maximum atomic E-state index is 8.70. The van der Waals surface area contributed by atoms with Crippen LogP contribution in [0.4, 0.5) is 0 Å². The van der Waals surface area contributed by atoms with Crippen molar-refractivity contribution in [2.45, 2.75) is 0 Å². The molecule has 1 nitrogen and oxygen atoms in total. The van der Waals surface area contributed by atoms with Crippen molar-refractivity contribution in [2.24, 2.45) is 0 Å². The predicted octanol–water partition coefficient (Wildman–Crippen LogP) is 12.5. The average molecular weight is 581 g/mol. The minimum atomic E-state index is -0.438. The highest BCUT2D eigenvalue weighted by atomic mass is 16.5. The molecule has 0 aromatic heterocycles. The van der Waals surface area contributed by atoms with E-state index >= 15 is 0 Å². The van der Waals surface area contributed by atoms with Gasteiger partial charge in [0.2, 0.25) is 0 Å². The van der Waals surface area contributed by atoms with E-state index in [-0.39, 0.29) is 47.4 Å². The van der Waals surface area contributed by atoms with Crippen LogP contribution in [0.2, 0.25) is 0 Å². The van der Waals surface area contributed by atoms with Crippen molar-refractivity contribution in [3.63, 3.8) is 0 Å². The Labute approximate surface area is 275 Å². The zero-order chi connectivity index (χ0) is 38.2. The Hall–Kier alpha value is -5.92. The third-order valence-corrected chi connectivity index (χ3v) is 9.01. The standard InChI is InChI=1S/C44H26O/c1-3-8-27(9-4-1)31-18-21-35-37-13-7-12-36-34(24-25-40(44(36)37)45-41(35)26-31)33-20-15-30-16-22-38-32(28-10-5-2-6-11-28)19-14-29-17-23-39(33)43(30)42(29)38/h1-26H/i1D,2D,3D,4D,5D,6D,8D,9D,10D,11D. The van der Waals surface area contributed by atoms with E-state index in [4.69, 9.17) is 18.4 Å². The van der Waals surface area contributed by atoms with Gasteiger partial charge in [0.05, 0.1) is 13.7 Å². The molecule has 0 atom stereocenters. The van der Waals surface area contributed by atoms with Gasteiger partial charge in [-0.15, -0.1) is 0 Å². The fraction of sp³-hybridized carbons (Fsp3) is 0. The zero-order valence-electron chi connectivity index (χ0n) is 33.6. The maximum absolute atomic E-state index is 8.70. The van der Waals surface area contributed by atoms with Crippen molar-refractivity contribution < 1.29 is 18.4 Å². The molecule has 9 aromatic rings. The van der Waals surface area contributed by atoms with Gasteiger partial charge < -0.3 is 4.74 Å². The van der Waals surface area contributed by atoms with Crippen molar-refractivity contribution in [2.75, 3.05) is 0 Å². The average Bonchev–Trinajstić information content (AvgIpc) is 3.20. The molecule has 0 bridgehead atoms. The van der Waals surface area contributed by atoms with Crippen LogP contribution >= 0.6 is 0 Å². The van der Waals surface area contributed by atoms with Gasteiger partial charge in [0, 0.05) is 10.9 Å². The normalized spacial score (nSPS) is 15.3. The fourth-order valence-electron chi connectivity index (χ4n) is 7.05. The van der Waals surface area contributed by atoms with Crippen LogP contribution in [0.15, 0.2) is 157 Å². The fourth-order valence-corrected chi connectivity index (χ4v) is 7.05. The molecule has 0 saturated heterocycles. The molecule has 208 valence electrons. The van der Waals surface area contributed by atoms with Crippen molar-refractivity contribution >= 4 is 43.1 Å². The Morgan fingerprint density at radius 2 is 0.956 bits per heavy atom. The summed E-state index contributed by atoms with van der Waals surface area (Å²) in [6.07, 6.45) is 0. The second-order valence-corrected chi connectivity index (χ2v) is 11.3. The molecule has 45 heavy (non-hydrogen) atoms. The van der Waals surface area contributed by atoms with Crippen molar-refractivity contribution in [3.8, 4) is 56.0 Å².